The van der Waals surface area contributed by atoms with E-state index >= 15 is 0 Å². The first-order valence-corrected chi connectivity index (χ1v) is 5.45. The largest absolute Gasteiger partial charge is 0.411 e. The summed E-state index contributed by atoms with van der Waals surface area (Å²) in [4.78, 5) is 4.37. The molecule has 1 aliphatic rings. The Bertz CT molecular complexity index is 567. The molecule has 82 valence electrons. The van der Waals surface area contributed by atoms with Crippen molar-refractivity contribution in [1.29, 1.82) is 0 Å². The molecule has 1 saturated carbocycles. The molecule has 1 aliphatic carbocycles. The highest BCUT2D eigenvalue weighted by Gasteiger charge is 2.24. The van der Waals surface area contributed by atoms with Gasteiger partial charge in [-0.25, -0.2) is 4.98 Å². The molecule has 3 rings (SSSR count). The van der Waals surface area contributed by atoms with Gasteiger partial charge < -0.3 is 9.77 Å². The molecule has 4 nitrogen and oxygen atoms in total. The number of hydrogen-bond acceptors (Lipinski definition) is 3. The van der Waals surface area contributed by atoms with Crippen LogP contribution in [0.1, 0.15) is 31.4 Å². The van der Waals surface area contributed by atoms with Gasteiger partial charge in [-0.15, -0.1) is 0 Å². The number of benzene rings is 1. The van der Waals surface area contributed by atoms with Gasteiger partial charge in [0.25, 0.3) is 0 Å². The van der Waals surface area contributed by atoms with E-state index in [1.165, 1.54) is 12.8 Å². The van der Waals surface area contributed by atoms with Crippen molar-refractivity contribution in [1.82, 2.24) is 9.55 Å². The number of fused-ring (bicyclic) bond motifs is 1. The molecule has 0 unspecified atom stereocenters. The molecule has 1 aromatic heterocycles. The minimum atomic E-state index is 0.617. The van der Waals surface area contributed by atoms with Crippen LogP contribution in [0, 0.1) is 0 Å². The van der Waals surface area contributed by atoms with Crippen LogP contribution < -0.4 is 0 Å². The summed E-state index contributed by atoms with van der Waals surface area (Å²) in [6.45, 7) is 1.79. The van der Waals surface area contributed by atoms with Crippen molar-refractivity contribution in [2.45, 2.75) is 25.8 Å². The molecule has 0 amide bonds. The van der Waals surface area contributed by atoms with Crippen molar-refractivity contribution in [3.8, 4) is 0 Å². The van der Waals surface area contributed by atoms with Crippen LogP contribution in [0.5, 0.6) is 0 Å². The lowest BCUT2D eigenvalue weighted by Gasteiger charge is -2.03. The molecule has 0 saturated heterocycles. The second-order valence-corrected chi connectivity index (χ2v) is 4.27. The molecule has 1 N–H and O–H groups in total. The van der Waals surface area contributed by atoms with Gasteiger partial charge in [0.2, 0.25) is 0 Å². The molecule has 0 radical (unpaired) electrons. The van der Waals surface area contributed by atoms with Crippen molar-refractivity contribution < 1.29 is 5.21 Å². The van der Waals surface area contributed by atoms with Crippen LogP contribution in [0.15, 0.2) is 29.7 Å². The Morgan fingerprint density at radius 3 is 3.00 bits per heavy atom. The third-order valence-electron chi connectivity index (χ3n) is 3.08. The van der Waals surface area contributed by atoms with Crippen molar-refractivity contribution >= 4 is 16.7 Å². The third-order valence-corrected chi connectivity index (χ3v) is 3.08. The Balaban J connectivity index is 2.17. The average molecular weight is 215 g/mol. The summed E-state index contributed by atoms with van der Waals surface area (Å²) in [5.74, 6) is 0. The van der Waals surface area contributed by atoms with Crippen molar-refractivity contribution in [2.75, 3.05) is 0 Å². The lowest BCUT2D eigenvalue weighted by Crippen LogP contribution is -1.96. The number of rotatable bonds is 2. The molecule has 0 aliphatic heterocycles. The summed E-state index contributed by atoms with van der Waals surface area (Å²) in [5.41, 5.74) is 3.70. The fraction of sp³-hybridized carbons (Fsp3) is 0.333. The molecule has 1 fully saturated rings. The van der Waals surface area contributed by atoms with E-state index in [4.69, 9.17) is 5.21 Å². The van der Waals surface area contributed by atoms with Gasteiger partial charge in [-0.1, -0.05) is 11.2 Å². The first-order valence-electron chi connectivity index (χ1n) is 5.45. The average Bonchev–Trinajstić information content (AvgIpc) is 3.08. The van der Waals surface area contributed by atoms with Gasteiger partial charge in [0.1, 0.15) is 0 Å². The van der Waals surface area contributed by atoms with Crippen LogP contribution in [-0.4, -0.2) is 20.5 Å². The highest BCUT2D eigenvalue weighted by molar-refractivity contribution is 6.00. The topological polar surface area (TPSA) is 50.4 Å². The summed E-state index contributed by atoms with van der Waals surface area (Å²) in [6, 6.07) is 6.56. The highest BCUT2D eigenvalue weighted by atomic mass is 16.4. The Hall–Kier alpha value is -1.84. The number of aromatic nitrogens is 2. The van der Waals surface area contributed by atoms with E-state index in [1.807, 2.05) is 24.5 Å². The predicted molar refractivity (Wildman–Crippen MR) is 62.0 cm³/mol. The van der Waals surface area contributed by atoms with E-state index in [9.17, 15) is 0 Å². The standard InChI is InChI=1S/C12H13N3O/c1-8(14-16)9-2-5-11-12(6-9)15(7-13-11)10-3-4-10/h2,5-7,10,16H,3-4H2,1H3/b14-8-. The highest BCUT2D eigenvalue weighted by Crippen LogP contribution is 2.37. The van der Waals surface area contributed by atoms with Crippen LogP contribution in [0.3, 0.4) is 0 Å². The maximum Gasteiger partial charge on any atom is 0.0960 e. The van der Waals surface area contributed by atoms with Gasteiger partial charge in [0.15, 0.2) is 0 Å². The zero-order valence-electron chi connectivity index (χ0n) is 9.09. The molecule has 1 aromatic carbocycles. The van der Waals surface area contributed by atoms with Gasteiger partial charge in [-0.05, 0) is 31.9 Å². The van der Waals surface area contributed by atoms with Crippen LogP contribution in [0.25, 0.3) is 11.0 Å². The van der Waals surface area contributed by atoms with Gasteiger partial charge in [-0.2, -0.15) is 0 Å². The zero-order valence-corrected chi connectivity index (χ0v) is 9.09. The Labute approximate surface area is 93.2 Å². The number of oxime groups is 1. The van der Waals surface area contributed by atoms with Crippen LogP contribution >= 0.6 is 0 Å². The third kappa shape index (κ3) is 1.38. The maximum absolute atomic E-state index is 8.77. The normalized spacial score (nSPS) is 16.9. The quantitative estimate of drug-likeness (QED) is 0.475. The van der Waals surface area contributed by atoms with E-state index < -0.39 is 0 Å². The van der Waals surface area contributed by atoms with Gasteiger partial charge in [0, 0.05) is 11.6 Å². The van der Waals surface area contributed by atoms with Crippen LogP contribution in [0.2, 0.25) is 0 Å². The Morgan fingerprint density at radius 1 is 1.50 bits per heavy atom. The van der Waals surface area contributed by atoms with E-state index in [-0.39, 0.29) is 0 Å². The second kappa shape index (κ2) is 3.33. The monoisotopic (exact) mass is 215 g/mol. The van der Waals surface area contributed by atoms with Gasteiger partial charge in [-0.3, -0.25) is 0 Å². The van der Waals surface area contributed by atoms with Gasteiger partial charge in [0.05, 0.1) is 23.1 Å². The van der Waals surface area contributed by atoms with Crippen molar-refractivity contribution in [3.05, 3.63) is 30.1 Å². The number of nitrogens with zero attached hydrogens (tertiary/aromatic N) is 3. The first-order chi connectivity index (χ1) is 7.79. The Morgan fingerprint density at radius 2 is 2.31 bits per heavy atom. The summed E-state index contributed by atoms with van der Waals surface area (Å²) < 4.78 is 2.21. The fourth-order valence-corrected chi connectivity index (χ4v) is 1.95. The molecule has 0 spiro atoms. The second-order valence-electron chi connectivity index (χ2n) is 4.27. The maximum atomic E-state index is 8.77. The molecule has 0 atom stereocenters. The molecule has 1 heterocycles. The number of hydrogen-bond donors (Lipinski definition) is 1. The van der Waals surface area contributed by atoms with E-state index in [2.05, 4.69) is 14.7 Å². The van der Waals surface area contributed by atoms with Gasteiger partial charge >= 0.3 is 0 Å². The lowest BCUT2D eigenvalue weighted by atomic mass is 10.1. The van der Waals surface area contributed by atoms with E-state index in [0.717, 1.165) is 16.6 Å². The summed E-state index contributed by atoms with van der Waals surface area (Å²) in [5, 5.41) is 12.0. The van der Waals surface area contributed by atoms with Crippen LogP contribution in [0.4, 0.5) is 0 Å². The van der Waals surface area contributed by atoms with E-state index in [0.29, 0.717) is 11.8 Å². The van der Waals surface area contributed by atoms with Crippen molar-refractivity contribution in [3.63, 3.8) is 0 Å². The van der Waals surface area contributed by atoms with Crippen molar-refractivity contribution in [2.24, 2.45) is 5.16 Å². The molecular formula is C12H13N3O. The minimum Gasteiger partial charge on any atom is -0.411 e. The lowest BCUT2D eigenvalue weighted by molar-refractivity contribution is 0.319. The zero-order chi connectivity index (χ0) is 11.1. The summed E-state index contributed by atoms with van der Waals surface area (Å²) in [6.07, 6.45) is 4.38. The smallest absolute Gasteiger partial charge is 0.0960 e. The predicted octanol–water partition coefficient (Wildman–Crippen LogP) is 2.57. The molecule has 2 aromatic rings. The first kappa shape index (κ1) is 9.39. The van der Waals surface area contributed by atoms with E-state index in [1.54, 1.807) is 6.92 Å². The fourth-order valence-electron chi connectivity index (χ4n) is 1.95. The molecule has 4 heteroatoms. The van der Waals surface area contributed by atoms with Crippen LogP contribution in [-0.2, 0) is 0 Å². The SMILES string of the molecule is C/C(=N/O)c1ccc2ncn(C3CC3)c2c1. The number of imidazole rings is 1. The molecule has 0 bridgehead atoms. The Kier molecular flexibility index (Phi) is 1.96. The summed E-state index contributed by atoms with van der Waals surface area (Å²) in [7, 11) is 0. The minimum absolute atomic E-state index is 0.617. The summed E-state index contributed by atoms with van der Waals surface area (Å²) >= 11 is 0. The molecule has 16 heavy (non-hydrogen) atoms. The molecular weight excluding hydrogens is 202 g/mol.